The predicted octanol–water partition coefficient (Wildman–Crippen LogP) is 3.65. The summed E-state index contributed by atoms with van der Waals surface area (Å²) in [7, 11) is 0. The number of amides is 2. The molecule has 32 heavy (non-hydrogen) atoms. The Morgan fingerprint density at radius 3 is 2.06 bits per heavy atom. The van der Waals surface area contributed by atoms with Crippen LogP contribution < -0.4 is 5.32 Å². The van der Waals surface area contributed by atoms with Crippen molar-refractivity contribution in [2.45, 2.75) is 0 Å². The molecule has 4 aromatic rings. The van der Waals surface area contributed by atoms with Crippen LogP contribution in [0, 0.1) is 0 Å². The quantitative estimate of drug-likeness (QED) is 0.476. The van der Waals surface area contributed by atoms with Gasteiger partial charge in [-0.05, 0) is 24.3 Å². The van der Waals surface area contributed by atoms with Gasteiger partial charge in [-0.3, -0.25) is 14.9 Å². The van der Waals surface area contributed by atoms with Crippen LogP contribution in [0.2, 0.25) is 0 Å². The van der Waals surface area contributed by atoms with E-state index in [0.717, 1.165) is 11.3 Å². The van der Waals surface area contributed by atoms with E-state index < -0.39 is 24.4 Å². The van der Waals surface area contributed by atoms with Crippen LogP contribution in [0.5, 0.6) is 0 Å². The summed E-state index contributed by atoms with van der Waals surface area (Å²) in [5.41, 5.74) is 2.48. The van der Waals surface area contributed by atoms with Crippen molar-refractivity contribution in [1.29, 1.82) is 0 Å². The summed E-state index contributed by atoms with van der Waals surface area (Å²) >= 11 is 0. The molecule has 7 heteroatoms. The maximum atomic E-state index is 12.8. The van der Waals surface area contributed by atoms with Gasteiger partial charge in [-0.25, -0.2) is 9.48 Å². The van der Waals surface area contributed by atoms with Gasteiger partial charge in [0.05, 0.1) is 5.69 Å². The van der Waals surface area contributed by atoms with Gasteiger partial charge in [0.1, 0.15) is 11.3 Å². The number of hydrogen-bond donors (Lipinski definition) is 1. The lowest BCUT2D eigenvalue weighted by molar-refractivity contribution is -0.123. The molecule has 0 aliphatic heterocycles. The average Bonchev–Trinajstić information content (AvgIpc) is 3.30. The van der Waals surface area contributed by atoms with E-state index in [1.165, 1.54) is 0 Å². The normalized spacial score (nSPS) is 10.4. The second-order valence-electron chi connectivity index (χ2n) is 6.86. The highest BCUT2D eigenvalue weighted by molar-refractivity contribution is 6.05. The Hall–Kier alpha value is -4.52. The third-order valence-electron chi connectivity index (χ3n) is 4.63. The molecule has 0 atom stereocenters. The zero-order chi connectivity index (χ0) is 22.3. The lowest BCUT2D eigenvalue weighted by Crippen LogP contribution is -2.34. The summed E-state index contributed by atoms with van der Waals surface area (Å²) in [6, 6.07) is 26.9. The maximum absolute atomic E-state index is 12.8. The van der Waals surface area contributed by atoms with Crippen molar-refractivity contribution in [1.82, 2.24) is 15.1 Å². The Bertz CT molecular complexity index is 1240. The van der Waals surface area contributed by atoms with Gasteiger partial charge in [-0.15, -0.1) is 0 Å². The summed E-state index contributed by atoms with van der Waals surface area (Å²) in [5, 5.41) is 6.75. The van der Waals surface area contributed by atoms with Crippen molar-refractivity contribution in [3.05, 3.63) is 108 Å². The molecule has 0 bridgehead atoms. The van der Waals surface area contributed by atoms with Crippen LogP contribution in [0.15, 0.2) is 97.2 Å². The van der Waals surface area contributed by atoms with E-state index in [1.807, 2.05) is 60.7 Å². The molecular weight excluding hydrogens is 406 g/mol. The summed E-state index contributed by atoms with van der Waals surface area (Å²) in [6.07, 6.45) is 1.56. The van der Waals surface area contributed by atoms with Crippen LogP contribution in [-0.2, 0) is 9.53 Å². The zero-order valence-corrected chi connectivity index (χ0v) is 17.0. The summed E-state index contributed by atoms with van der Waals surface area (Å²) in [4.78, 5) is 37.0. The zero-order valence-electron chi connectivity index (χ0n) is 17.0. The number of carbonyl (C=O) groups is 3. The molecule has 1 heterocycles. The number of carbonyl (C=O) groups excluding carboxylic acids is 3. The fourth-order valence-electron chi connectivity index (χ4n) is 3.08. The van der Waals surface area contributed by atoms with Crippen molar-refractivity contribution in [3.8, 4) is 16.9 Å². The Balaban J connectivity index is 1.50. The number of rotatable bonds is 6. The van der Waals surface area contributed by atoms with Gasteiger partial charge in [0.15, 0.2) is 6.61 Å². The molecule has 1 N–H and O–H groups in total. The fourth-order valence-corrected chi connectivity index (χ4v) is 3.08. The predicted molar refractivity (Wildman–Crippen MR) is 118 cm³/mol. The monoisotopic (exact) mass is 425 g/mol. The van der Waals surface area contributed by atoms with Gasteiger partial charge in [0.2, 0.25) is 0 Å². The molecule has 3 aromatic carbocycles. The second-order valence-corrected chi connectivity index (χ2v) is 6.86. The number of nitrogens with zero attached hydrogens (tertiary/aromatic N) is 2. The molecule has 7 nitrogen and oxygen atoms in total. The number of ether oxygens (including phenoxy) is 1. The van der Waals surface area contributed by atoms with E-state index >= 15 is 0 Å². The first kappa shape index (κ1) is 20.7. The van der Waals surface area contributed by atoms with Crippen molar-refractivity contribution >= 4 is 17.8 Å². The molecule has 0 aliphatic rings. The molecule has 0 radical (unpaired) electrons. The van der Waals surface area contributed by atoms with Crippen LogP contribution in [0.25, 0.3) is 16.9 Å². The van der Waals surface area contributed by atoms with E-state index in [2.05, 4.69) is 10.4 Å². The number of imide groups is 1. The minimum absolute atomic E-state index is 0.210. The van der Waals surface area contributed by atoms with E-state index in [-0.39, 0.29) is 5.56 Å². The maximum Gasteiger partial charge on any atom is 0.342 e. The molecule has 0 saturated heterocycles. The number of esters is 1. The van der Waals surface area contributed by atoms with Gasteiger partial charge in [-0.1, -0.05) is 66.7 Å². The lowest BCUT2D eigenvalue weighted by Gasteiger charge is -2.06. The molecule has 158 valence electrons. The molecule has 1 aromatic heterocycles. The highest BCUT2D eigenvalue weighted by Crippen LogP contribution is 2.24. The average molecular weight is 425 g/mol. The van der Waals surface area contributed by atoms with Gasteiger partial charge >= 0.3 is 5.97 Å². The highest BCUT2D eigenvalue weighted by Gasteiger charge is 2.21. The van der Waals surface area contributed by atoms with E-state index in [0.29, 0.717) is 11.3 Å². The highest BCUT2D eigenvalue weighted by atomic mass is 16.5. The van der Waals surface area contributed by atoms with Crippen molar-refractivity contribution < 1.29 is 19.1 Å². The minimum Gasteiger partial charge on any atom is -0.452 e. The largest absolute Gasteiger partial charge is 0.452 e. The Morgan fingerprint density at radius 2 is 1.41 bits per heavy atom. The summed E-state index contributed by atoms with van der Waals surface area (Å²) in [5.74, 6) is -1.99. The first-order valence-corrected chi connectivity index (χ1v) is 9.88. The van der Waals surface area contributed by atoms with Gasteiger partial charge in [0, 0.05) is 17.3 Å². The molecule has 0 unspecified atom stereocenters. The Labute approximate surface area is 184 Å². The third kappa shape index (κ3) is 4.79. The number of nitrogens with one attached hydrogen (secondary N) is 1. The molecule has 4 rings (SSSR count). The number of aromatic nitrogens is 2. The van der Waals surface area contributed by atoms with E-state index in [4.69, 9.17) is 4.74 Å². The lowest BCUT2D eigenvalue weighted by atomic mass is 10.1. The summed E-state index contributed by atoms with van der Waals surface area (Å²) in [6.45, 7) is -0.595. The van der Waals surface area contributed by atoms with Crippen LogP contribution in [0.3, 0.4) is 0 Å². The molecule has 0 fully saturated rings. The van der Waals surface area contributed by atoms with Crippen LogP contribution in [-0.4, -0.2) is 34.2 Å². The number of para-hydroxylation sites is 1. The summed E-state index contributed by atoms with van der Waals surface area (Å²) < 4.78 is 6.76. The Morgan fingerprint density at radius 1 is 0.812 bits per heavy atom. The number of hydrogen-bond acceptors (Lipinski definition) is 5. The van der Waals surface area contributed by atoms with Crippen molar-refractivity contribution in [3.63, 3.8) is 0 Å². The molecule has 0 aliphatic carbocycles. The smallest absolute Gasteiger partial charge is 0.342 e. The Kier molecular flexibility index (Phi) is 6.17. The first-order chi connectivity index (χ1) is 15.6. The molecular formula is C25H19N3O4. The van der Waals surface area contributed by atoms with Crippen LogP contribution in [0.4, 0.5) is 0 Å². The fraction of sp³-hybridized carbons (Fsp3) is 0.0400. The number of benzene rings is 3. The second kappa shape index (κ2) is 9.53. The van der Waals surface area contributed by atoms with E-state index in [1.54, 1.807) is 41.2 Å². The molecule has 0 spiro atoms. The van der Waals surface area contributed by atoms with Gasteiger partial charge < -0.3 is 4.74 Å². The van der Waals surface area contributed by atoms with Gasteiger partial charge in [-0.2, -0.15) is 5.10 Å². The van der Waals surface area contributed by atoms with Crippen LogP contribution in [0.1, 0.15) is 20.7 Å². The first-order valence-electron chi connectivity index (χ1n) is 9.88. The molecule has 0 saturated carbocycles. The van der Waals surface area contributed by atoms with Gasteiger partial charge in [0.25, 0.3) is 11.8 Å². The van der Waals surface area contributed by atoms with Crippen LogP contribution >= 0.6 is 0 Å². The standard InChI is InChI=1S/C25H19N3O4/c29-22(26-24(30)19-12-6-2-7-13-19)17-32-25(31)21-16-28(20-14-8-3-9-15-20)27-23(21)18-10-4-1-5-11-18/h1-16H,17H2,(H,26,29,30). The van der Waals surface area contributed by atoms with Crippen molar-refractivity contribution in [2.75, 3.05) is 6.61 Å². The van der Waals surface area contributed by atoms with Crippen molar-refractivity contribution in [2.24, 2.45) is 0 Å². The van der Waals surface area contributed by atoms with E-state index in [9.17, 15) is 14.4 Å². The SMILES string of the molecule is O=C(COC(=O)c1cn(-c2ccccc2)nc1-c1ccccc1)NC(=O)c1ccccc1. The minimum atomic E-state index is -0.719. The molecule has 2 amide bonds. The third-order valence-corrected chi connectivity index (χ3v) is 4.63. The topological polar surface area (TPSA) is 90.3 Å².